The third kappa shape index (κ3) is 3.57. The van der Waals surface area contributed by atoms with Crippen LogP contribution >= 0.6 is 15.9 Å². The molecule has 0 atom stereocenters. The van der Waals surface area contributed by atoms with E-state index in [-0.39, 0.29) is 33.7 Å². The Hall–Kier alpha value is -2.42. The number of hydrogen-bond acceptors (Lipinski definition) is 2. The Bertz CT molecular complexity index is 928. The molecule has 26 heavy (non-hydrogen) atoms. The van der Waals surface area contributed by atoms with E-state index in [1.165, 1.54) is 18.4 Å². The van der Waals surface area contributed by atoms with Crippen molar-refractivity contribution >= 4 is 15.9 Å². The minimum absolute atomic E-state index is 0.0580. The van der Waals surface area contributed by atoms with Gasteiger partial charge in [0.15, 0.2) is 17.4 Å². The van der Waals surface area contributed by atoms with Gasteiger partial charge in [-0.3, -0.25) is 0 Å². The summed E-state index contributed by atoms with van der Waals surface area (Å²) >= 11 is 3.06. The molecule has 0 saturated carbocycles. The van der Waals surface area contributed by atoms with Crippen molar-refractivity contribution < 1.29 is 35.5 Å². The summed E-state index contributed by atoms with van der Waals surface area (Å²) in [5.41, 5.74) is -1.44. The molecule has 0 unspecified atom stereocenters. The van der Waals surface area contributed by atoms with Crippen LogP contribution in [0.4, 0.5) is 26.3 Å². The van der Waals surface area contributed by atoms with Gasteiger partial charge in [0, 0.05) is 6.07 Å². The van der Waals surface area contributed by atoms with Crippen molar-refractivity contribution in [3.63, 3.8) is 0 Å². The molecular weight excluding hydrogens is 430 g/mol. The van der Waals surface area contributed by atoms with E-state index in [9.17, 15) is 26.3 Å². The summed E-state index contributed by atoms with van der Waals surface area (Å²) in [5, 5.41) is 0. The Morgan fingerprint density at radius 3 is 2.12 bits per heavy atom. The average molecular weight is 437 g/mol. The van der Waals surface area contributed by atoms with Crippen LogP contribution in [0.15, 0.2) is 51.6 Å². The highest BCUT2D eigenvalue weighted by atomic mass is 79.9. The number of rotatable bonds is 3. The first-order valence-corrected chi connectivity index (χ1v) is 7.73. The molecule has 0 fully saturated rings. The van der Waals surface area contributed by atoms with E-state index < -0.39 is 34.9 Å². The molecule has 0 radical (unpaired) electrons. The van der Waals surface area contributed by atoms with Gasteiger partial charge in [0.1, 0.15) is 17.3 Å². The molecule has 0 N–H and O–H groups in total. The predicted octanol–water partition coefficient (Wildman–Crippen LogP) is 6.94. The molecule has 2 nitrogen and oxygen atoms in total. The first-order chi connectivity index (χ1) is 12.2. The molecule has 2 aromatic carbocycles. The molecule has 0 saturated heterocycles. The minimum atomic E-state index is -4.92. The first-order valence-electron chi connectivity index (χ1n) is 6.94. The third-order valence-electron chi connectivity index (χ3n) is 3.35. The molecule has 3 rings (SSSR count). The fraction of sp³-hybridized carbons (Fsp3) is 0.0588. The second kappa shape index (κ2) is 6.71. The fourth-order valence-corrected chi connectivity index (χ4v) is 2.58. The van der Waals surface area contributed by atoms with Crippen molar-refractivity contribution in [2.75, 3.05) is 0 Å². The Labute approximate surface area is 151 Å². The summed E-state index contributed by atoms with van der Waals surface area (Å²) in [4.78, 5) is 0. The van der Waals surface area contributed by atoms with Crippen LogP contribution in [0, 0.1) is 17.5 Å². The van der Waals surface area contributed by atoms with E-state index in [0.717, 1.165) is 6.07 Å². The van der Waals surface area contributed by atoms with Crippen LogP contribution in [0.3, 0.4) is 0 Å². The van der Waals surface area contributed by atoms with Gasteiger partial charge in [-0.05, 0) is 46.3 Å². The summed E-state index contributed by atoms with van der Waals surface area (Å²) < 4.78 is 89.8. The summed E-state index contributed by atoms with van der Waals surface area (Å²) in [6, 6.07) is 5.32. The zero-order valence-electron chi connectivity index (χ0n) is 12.5. The van der Waals surface area contributed by atoms with Gasteiger partial charge >= 0.3 is 6.18 Å². The zero-order chi connectivity index (χ0) is 19.1. The minimum Gasteiger partial charge on any atom is -0.464 e. The van der Waals surface area contributed by atoms with Crippen molar-refractivity contribution in [1.82, 2.24) is 0 Å². The number of hydrogen-bond donors (Lipinski definition) is 0. The number of alkyl halides is 3. The zero-order valence-corrected chi connectivity index (χ0v) is 14.1. The molecule has 0 amide bonds. The monoisotopic (exact) mass is 436 g/mol. The van der Waals surface area contributed by atoms with Gasteiger partial charge in [-0.25, -0.2) is 13.2 Å². The van der Waals surface area contributed by atoms with E-state index in [1.54, 1.807) is 6.07 Å². The highest BCUT2D eigenvalue weighted by Gasteiger charge is 2.33. The number of benzene rings is 2. The summed E-state index contributed by atoms with van der Waals surface area (Å²) in [5.74, 6) is -5.15. The van der Waals surface area contributed by atoms with E-state index in [1.807, 2.05) is 0 Å². The van der Waals surface area contributed by atoms with Crippen molar-refractivity contribution in [2.24, 2.45) is 0 Å². The Kier molecular flexibility index (Phi) is 4.74. The van der Waals surface area contributed by atoms with Crippen molar-refractivity contribution in [3.05, 3.63) is 70.1 Å². The largest absolute Gasteiger partial charge is 0.464 e. The van der Waals surface area contributed by atoms with Crippen LogP contribution in [0.5, 0.6) is 11.5 Å². The van der Waals surface area contributed by atoms with Crippen molar-refractivity contribution in [1.29, 1.82) is 0 Å². The van der Waals surface area contributed by atoms with Gasteiger partial charge in [-0.15, -0.1) is 0 Å². The second-order valence-electron chi connectivity index (χ2n) is 5.11. The lowest BCUT2D eigenvalue weighted by Gasteiger charge is -2.13. The van der Waals surface area contributed by atoms with Crippen LogP contribution in [0.2, 0.25) is 0 Å². The molecule has 0 bridgehead atoms. The maximum Gasteiger partial charge on any atom is 0.416 e. The second-order valence-corrected chi connectivity index (χ2v) is 5.96. The highest BCUT2D eigenvalue weighted by Crippen LogP contribution is 2.39. The lowest BCUT2D eigenvalue weighted by molar-refractivity contribution is -0.138. The van der Waals surface area contributed by atoms with E-state index >= 15 is 0 Å². The van der Waals surface area contributed by atoms with Gasteiger partial charge in [-0.2, -0.15) is 13.2 Å². The maximum absolute atomic E-state index is 14.2. The van der Waals surface area contributed by atoms with E-state index in [2.05, 4.69) is 15.9 Å². The van der Waals surface area contributed by atoms with Crippen molar-refractivity contribution in [2.45, 2.75) is 6.18 Å². The highest BCUT2D eigenvalue weighted by molar-refractivity contribution is 9.10. The topological polar surface area (TPSA) is 22.4 Å². The molecular formula is C17H7BrF6O2. The summed E-state index contributed by atoms with van der Waals surface area (Å²) in [7, 11) is 0. The van der Waals surface area contributed by atoms with Crippen LogP contribution < -0.4 is 4.74 Å². The Balaban J connectivity index is 1.98. The van der Waals surface area contributed by atoms with Gasteiger partial charge in [0.2, 0.25) is 0 Å². The average Bonchev–Trinajstić information content (AvgIpc) is 3.06. The predicted molar refractivity (Wildman–Crippen MR) is 83.2 cm³/mol. The molecule has 0 aliphatic heterocycles. The Morgan fingerprint density at radius 1 is 0.923 bits per heavy atom. The first kappa shape index (κ1) is 18.4. The van der Waals surface area contributed by atoms with Crippen LogP contribution in [-0.4, -0.2) is 0 Å². The fourth-order valence-electron chi connectivity index (χ4n) is 2.16. The lowest BCUT2D eigenvalue weighted by Crippen LogP contribution is -2.07. The number of furan rings is 1. The molecule has 1 aromatic heterocycles. The Morgan fingerprint density at radius 2 is 1.58 bits per heavy atom. The molecule has 136 valence electrons. The maximum atomic E-state index is 14.2. The molecule has 0 aliphatic carbocycles. The lowest BCUT2D eigenvalue weighted by atomic mass is 10.1. The molecule has 3 aromatic rings. The quantitative estimate of drug-likeness (QED) is 0.415. The molecule has 9 heteroatoms. The van der Waals surface area contributed by atoms with E-state index in [4.69, 9.17) is 9.15 Å². The summed E-state index contributed by atoms with van der Waals surface area (Å²) in [6.45, 7) is 0. The smallest absolute Gasteiger partial charge is 0.416 e. The van der Waals surface area contributed by atoms with Gasteiger partial charge in [0.25, 0.3) is 0 Å². The van der Waals surface area contributed by atoms with Crippen LogP contribution in [-0.2, 0) is 6.18 Å². The van der Waals surface area contributed by atoms with Gasteiger partial charge in [-0.1, -0.05) is 0 Å². The normalized spacial score (nSPS) is 11.7. The third-order valence-corrected chi connectivity index (χ3v) is 3.97. The van der Waals surface area contributed by atoms with Crippen LogP contribution in [0.25, 0.3) is 11.3 Å². The standard InChI is InChI=1S/C17H7BrF6O2/c18-10-6-9(14-2-1-3-25-14)11(19)7-15(10)26-16-12(20)4-8(5-13(16)21)17(22,23)24/h1-7H. The molecule has 0 aliphatic rings. The SMILES string of the molecule is Fc1cc(Oc2c(F)cc(C(F)(F)F)cc2F)c(Br)cc1-c1ccco1. The molecule has 1 heterocycles. The van der Waals surface area contributed by atoms with Crippen LogP contribution in [0.1, 0.15) is 5.56 Å². The summed E-state index contributed by atoms with van der Waals surface area (Å²) in [6.07, 6.45) is -3.59. The van der Waals surface area contributed by atoms with Gasteiger partial charge in [0.05, 0.1) is 21.9 Å². The van der Waals surface area contributed by atoms with Crippen molar-refractivity contribution in [3.8, 4) is 22.8 Å². The number of ether oxygens (including phenoxy) is 1. The molecule has 0 spiro atoms. The van der Waals surface area contributed by atoms with Gasteiger partial charge < -0.3 is 9.15 Å². The number of halogens is 7. The van der Waals surface area contributed by atoms with E-state index in [0.29, 0.717) is 0 Å².